The Morgan fingerprint density at radius 3 is 2.00 bits per heavy atom. The van der Waals surface area contributed by atoms with Gasteiger partial charge in [0.2, 0.25) is 5.91 Å². The van der Waals surface area contributed by atoms with Gasteiger partial charge in [0.1, 0.15) is 0 Å². The number of amides is 1. The van der Waals surface area contributed by atoms with E-state index in [-0.39, 0.29) is 11.3 Å². The van der Waals surface area contributed by atoms with Gasteiger partial charge in [-0.15, -0.1) is 0 Å². The Kier molecular flexibility index (Phi) is 3.30. The molecule has 0 spiro atoms. The Bertz CT molecular complexity index is 174. The SMILES string of the molecule is CCC(=CC(C)(C)C)C(N)=O. The van der Waals surface area contributed by atoms with E-state index in [1.807, 2.05) is 33.8 Å². The van der Waals surface area contributed by atoms with Gasteiger partial charge in [-0.25, -0.2) is 0 Å². The number of allylic oxidation sites excluding steroid dienone is 1. The van der Waals surface area contributed by atoms with Crippen LogP contribution in [0.25, 0.3) is 0 Å². The molecule has 2 N–H and O–H groups in total. The highest BCUT2D eigenvalue weighted by atomic mass is 16.1. The minimum absolute atomic E-state index is 0.0420. The number of hydrogen-bond acceptors (Lipinski definition) is 1. The minimum Gasteiger partial charge on any atom is -0.366 e. The van der Waals surface area contributed by atoms with Crippen LogP contribution in [0.15, 0.2) is 11.6 Å². The molecule has 0 aliphatic rings. The van der Waals surface area contributed by atoms with E-state index in [2.05, 4.69) is 0 Å². The molecule has 0 aliphatic carbocycles. The third kappa shape index (κ3) is 4.59. The fourth-order valence-corrected chi connectivity index (χ4v) is 0.870. The number of nitrogens with two attached hydrogens (primary N) is 1. The number of primary amides is 1. The predicted octanol–water partition coefficient (Wildman–Crippen LogP) is 1.85. The largest absolute Gasteiger partial charge is 0.366 e. The Morgan fingerprint density at radius 2 is 1.91 bits per heavy atom. The predicted molar refractivity (Wildman–Crippen MR) is 47.0 cm³/mol. The summed E-state index contributed by atoms with van der Waals surface area (Å²) in [5.74, 6) is -0.303. The van der Waals surface area contributed by atoms with Crippen molar-refractivity contribution in [1.82, 2.24) is 0 Å². The lowest BCUT2D eigenvalue weighted by atomic mass is 9.92. The number of carbonyl (C=O) groups is 1. The first-order chi connectivity index (χ1) is 4.87. The molecule has 2 heteroatoms. The van der Waals surface area contributed by atoms with E-state index in [1.165, 1.54) is 0 Å². The van der Waals surface area contributed by atoms with Gasteiger partial charge in [-0.1, -0.05) is 33.8 Å². The molecule has 0 saturated carbocycles. The van der Waals surface area contributed by atoms with Crippen molar-refractivity contribution in [2.75, 3.05) is 0 Å². The van der Waals surface area contributed by atoms with Crippen LogP contribution in [0.2, 0.25) is 0 Å². The molecule has 0 fully saturated rings. The first-order valence-electron chi connectivity index (χ1n) is 3.88. The fourth-order valence-electron chi connectivity index (χ4n) is 0.870. The summed E-state index contributed by atoms with van der Waals surface area (Å²) in [6.45, 7) is 8.07. The zero-order chi connectivity index (χ0) is 9.07. The molecule has 0 atom stereocenters. The lowest BCUT2D eigenvalue weighted by Gasteiger charge is -2.13. The van der Waals surface area contributed by atoms with Gasteiger partial charge in [0.05, 0.1) is 0 Å². The summed E-state index contributed by atoms with van der Waals surface area (Å²) >= 11 is 0. The average molecular weight is 155 g/mol. The van der Waals surface area contributed by atoms with Crippen molar-refractivity contribution in [1.29, 1.82) is 0 Å². The summed E-state index contributed by atoms with van der Waals surface area (Å²) in [6.07, 6.45) is 2.64. The maximum Gasteiger partial charge on any atom is 0.244 e. The van der Waals surface area contributed by atoms with E-state index in [4.69, 9.17) is 5.73 Å². The summed E-state index contributed by atoms with van der Waals surface area (Å²) < 4.78 is 0. The molecule has 0 heterocycles. The van der Waals surface area contributed by atoms with Crippen LogP contribution in [0, 0.1) is 5.41 Å². The van der Waals surface area contributed by atoms with Gasteiger partial charge >= 0.3 is 0 Å². The normalized spacial score (nSPS) is 13.3. The molecule has 0 aromatic heterocycles. The molecular weight excluding hydrogens is 138 g/mol. The fraction of sp³-hybridized carbons (Fsp3) is 0.667. The molecule has 11 heavy (non-hydrogen) atoms. The summed E-state index contributed by atoms with van der Waals surface area (Å²) in [5.41, 5.74) is 5.91. The topological polar surface area (TPSA) is 43.1 Å². The minimum atomic E-state index is -0.303. The van der Waals surface area contributed by atoms with Crippen LogP contribution < -0.4 is 5.73 Å². The molecule has 1 amide bonds. The van der Waals surface area contributed by atoms with Crippen molar-refractivity contribution >= 4 is 5.91 Å². The van der Waals surface area contributed by atoms with Crippen LogP contribution >= 0.6 is 0 Å². The molecular formula is C9H17NO. The van der Waals surface area contributed by atoms with Crippen molar-refractivity contribution in [2.45, 2.75) is 34.1 Å². The number of rotatable bonds is 2. The molecule has 0 unspecified atom stereocenters. The summed E-state index contributed by atoms with van der Waals surface area (Å²) in [6, 6.07) is 0. The second-order valence-electron chi connectivity index (χ2n) is 3.75. The Balaban J connectivity index is 4.49. The highest BCUT2D eigenvalue weighted by molar-refractivity contribution is 5.91. The van der Waals surface area contributed by atoms with E-state index < -0.39 is 0 Å². The van der Waals surface area contributed by atoms with E-state index in [0.29, 0.717) is 6.42 Å². The highest BCUT2D eigenvalue weighted by Crippen LogP contribution is 2.18. The Hall–Kier alpha value is -0.790. The van der Waals surface area contributed by atoms with Gasteiger partial charge < -0.3 is 5.73 Å². The van der Waals surface area contributed by atoms with E-state index in [1.54, 1.807) is 0 Å². The van der Waals surface area contributed by atoms with Gasteiger partial charge in [-0.3, -0.25) is 4.79 Å². The lowest BCUT2D eigenvalue weighted by Crippen LogP contribution is -2.16. The molecule has 0 aromatic rings. The maximum absolute atomic E-state index is 10.8. The van der Waals surface area contributed by atoms with Crippen LogP contribution in [0.4, 0.5) is 0 Å². The first kappa shape index (κ1) is 10.2. The Morgan fingerprint density at radius 1 is 1.45 bits per heavy atom. The van der Waals surface area contributed by atoms with Crippen LogP contribution in [0.3, 0.4) is 0 Å². The van der Waals surface area contributed by atoms with E-state index in [0.717, 1.165) is 5.57 Å². The van der Waals surface area contributed by atoms with Gasteiger partial charge in [0.15, 0.2) is 0 Å². The molecule has 0 aromatic carbocycles. The number of hydrogen-bond donors (Lipinski definition) is 1. The standard InChI is InChI=1S/C9H17NO/c1-5-7(8(10)11)6-9(2,3)4/h6H,5H2,1-4H3,(H2,10,11). The molecule has 0 rings (SSSR count). The van der Waals surface area contributed by atoms with Crippen molar-refractivity contribution in [3.63, 3.8) is 0 Å². The lowest BCUT2D eigenvalue weighted by molar-refractivity contribution is -0.114. The third-order valence-corrected chi connectivity index (χ3v) is 1.30. The van der Waals surface area contributed by atoms with Gasteiger partial charge in [-0.05, 0) is 11.8 Å². The van der Waals surface area contributed by atoms with Crippen molar-refractivity contribution in [2.24, 2.45) is 11.1 Å². The highest BCUT2D eigenvalue weighted by Gasteiger charge is 2.10. The summed E-state index contributed by atoms with van der Waals surface area (Å²) in [7, 11) is 0. The second-order valence-corrected chi connectivity index (χ2v) is 3.75. The van der Waals surface area contributed by atoms with Gasteiger partial charge in [-0.2, -0.15) is 0 Å². The molecule has 0 bridgehead atoms. The van der Waals surface area contributed by atoms with E-state index >= 15 is 0 Å². The quantitative estimate of drug-likeness (QED) is 0.608. The zero-order valence-corrected chi connectivity index (χ0v) is 7.77. The van der Waals surface area contributed by atoms with Crippen LogP contribution in [0.1, 0.15) is 34.1 Å². The third-order valence-electron chi connectivity index (χ3n) is 1.30. The van der Waals surface area contributed by atoms with Crippen LogP contribution in [0.5, 0.6) is 0 Å². The molecule has 2 nitrogen and oxygen atoms in total. The Labute approximate surface area is 68.5 Å². The zero-order valence-electron chi connectivity index (χ0n) is 7.77. The first-order valence-corrected chi connectivity index (χ1v) is 3.88. The monoisotopic (exact) mass is 155 g/mol. The van der Waals surface area contributed by atoms with Gasteiger partial charge in [0, 0.05) is 5.57 Å². The molecule has 0 radical (unpaired) electrons. The maximum atomic E-state index is 10.8. The van der Waals surface area contributed by atoms with Crippen molar-refractivity contribution in [3.05, 3.63) is 11.6 Å². The average Bonchev–Trinajstić information content (AvgIpc) is 1.80. The molecule has 0 aliphatic heterocycles. The summed E-state index contributed by atoms with van der Waals surface area (Å²) in [5, 5.41) is 0. The van der Waals surface area contributed by atoms with E-state index in [9.17, 15) is 4.79 Å². The second kappa shape index (κ2) is 3.56. The van der Waals surface area contributed by atoms with Gasteiger partial charge in [0.25, 0.3) is 0 Å². The molecule has 64 valence electrons. The van der Waals surface area contributed by atoms with Crippen LogP contribution in [-0.4, -0.2) is 5.91 Å². The van der Waals surface area contributed by atoms with Crippen molar-refractivity contribution < 1.29 is 4.79 Å². The van der Waals surface area contributed by atoms with Crippen molar-refractivity contribution in [3.8, 4) is 0 Å². The number of carbonyl (C=O) groups excluding carboxylic acids is 1. The van der Waals surface area contributed by atoms with Crippen LogP contribution in [-0.2, 0) is 4.79 Å². The summed E-state index contributed by atoms with van der Waals surface area (Å²) in [4.78, 5) is 10.8. The molecule has 0 saturated heterocycles. The smallest absolute Gasteiger partial charge is 0.244 e.